The molecule has 1 aliphatic carbocycles. The topological polar surface area (TPSA) is 118 Å². The highest BCUT2D eigenvalue weighted by Gasteiger charge is 2.32. The number of methoxy groups -OCH3 is 1. The van der Waals surface area contributed by atoms with E-state index in [1.54, 1.807) is 38.3 Å². The molecule has 1 aliphatic heterocycles. The van der Waals surface area contributed by atoms with Crippen molar-refractivity contribution in [2.45, 2.75) is 51.5 Å². The van der Waals surface area contributed by atoms with Crippen LogP contribution in [-0.2, 0) is 22.4 Å². The fourth-order valence-electron chi connectivity index (χ4n) is 4.85. The van der Waals surface area contributed by atoms with Crippen molar-refractivity contribution in [3.05, 3.63) is 40.3 Å². The van der Waals surface area contributed by atoms with E-state index in [0.717, 1.165) is 62.1 Å². The summed E-state index contributed by atoms with van der Waals surface area (Å²) >= 11 is 1.43. The van der Waals surface area contributed by atoms with Gasteiger partial charge >= 0.3 is 12.0 Å². The van der Waals surface area contributed by atoms with Crippen LogP contribution in [0.1, 0.15) is 53.4 Å². The molecule has 4 rings (SSSR count). The third-order valence-electron chi connectivity index (χ3n) is 6.64. The van der Waals surface area contributed by atoms with E-state index in [2.05, 4.69) is 21.3 Å². The minimum Gasteiger partial charge on any atom is -0.497 e. The number of hydrogen-bond donors (Lipinski definition) is 4. The van der Waals surface area contributed by atoms with Crippen LogP contribution in [0.4, 0.5) is 15.5 Å². The largest absolute Gasteiger partial charge is 0.497 e. The first-order valence-corrected chi connectivity index (χ1v) is 13.4. The van der Waals surface area contributed by atoms with Gasteiger partial charge in [-0.1, -0.05) is 6.07 Å². The number of rotatable bonds is 8. The van der Waals surface area contributed by atoms with Crippen molar-refractivity contribution >= 4 is 39.9 Å². The lowest BCUT2D eigenvalue weighted by Gasteiger charge is -2.30. The van der Waals surface area contributed by atoms with Crippen LogP contribution in [0.15, 0.2) is 24.3 Å². The minimum absolute atomic E-state index is 0.0244. The van der Waals surface area contributed by atoms with Crippen molar-refractivity contribution < 1.29 is 23.9 Å². The van der Waals surface area contributed by atoms with E-state index in [1.165, 1.54) is 11.3 Å². The number of anilines is 2. The van der Waals surface area contributed by atoms with Gasteiger partial charge in [-0.3, -0.25) is 10.1 Å². The summed E-state index contributed by atoms with van der Waals surface area (Å²) in [7, 11) is 1.57. The lowest BCUT2D eigenvalue weighted by atomic mass is 9.89. The molecule has 9 nitrogen and oxygen atoms in total. The second-order valence-electron chi connectivity index (χ2n) is 9.02. The maximum Gasteiger partial charge on any atom is 0.341 e. The minimum atomic E-state index is -0.737. The van der Waals surface area contributed by atoms with Gasteiger partial charge < -0.3 is 25.4 Å². The average Bonchev–Trinajstić information content (AvgIpc) is 3.25. The Labute approximate surface area is 215 Å². The van der Waals surface area contributed by atoms with Crippen LogP contribution in [0.5, 0.6) is 5.75 Å². The number of carbonyl (C=O) groups excluding carboxylic acids is 3. The number of piperidine rings is 1. The molecule has 1 fully saturated rings. The molecule has 1 unspecified atom stereocenters. The van der Waals surface area contributed by atoms with Crippen LogP contribution < -0.4 is 26.0 Å². The van der Waals surface area contributed by atoms with E-state index in [0.29, 0.717) is 22.0 Å². The van der Waals surface area contributed by atoms with Crippen LogP contribution in [0.3, 0.4) is 0 Å². The van der Waals surface area contributed by atoms with E-state index in [-0.39, 0.29) is 18.4 Å². The molecule has 1 atom stereocenters. The van der Waals surface area contributed by atoms with E-state index in [9.17, 15) is 14.4 Å². The Morgan fingerprint density at radius 1 is 1.14 bits per heavy atom. The monoisotopic (exact) mass is 514 g/mol. The predicted octanol–water partition coefficient (Wildman–Crippen LogP) is 3.94. The normalized spacial score (nSPS) is 16.4. The SMILES string of the molecule is CCOC(=O)c1c(NC(=O)NC(C(=O)Nc2cccc(OC)c2)C2CCNCC2)sc2c1CCCC2. The summed E-state index contributed by atoms with van der Waals surface area (Å²) in [5.74, 6) is -0.104. The lowest BCUT2D eigenvalue weighted by Crippen LogP contribution is -2.52. The van der Waals surface area contributed by atoms with Crippen molar-refractivity contribution in [2.24, 2.45) is 5.92 Å². The summed E-state index contributed by atoms with van der Waals surface area (Å²) in [5, 5.41) is 12.5. The number of thiophene rings is 1. The van der Waals surface area contributed by atoms with Gasteiger partial charge in [0.15, 0.2) is 0 Å². The smallest absolute Gasteiger partial charge is 0.341 e. The van der Waals surface area contributed by atoms with Gasteiger partial charge in [-0.25, -0.2) is 9.59 Å². The number of esters is 1. The van der Waals surface area contributed by atoms with Crippen molar-refractivity contribution in [1.29, 1.82) is 0 Å². The number of amides is 3. The summed E-state index contributed by atoms with van der Waals surface area (Å²) in [6, 6.07) is 5.86. The Bertz CT molecular complexity index is 1100. The summed E-state index contributed by atoms with van der Waals surface area (Å²) in [6.45, 7) is 3.58. The molecule has 1 aromatic carbocycles. The summed E-state index contributed by atoms with van der Waals surface area (Å²) in [6.07, 6.45) is 5.27. The highest BCUT2D eigenvalue weighted by Crippen LogP contribution is 2.38. The zero-order chi connectivity index (χ0) is 25.5. The van der Waals surface area contributed by atoms with E-state index < -0.39 is 18.0 Å². The van der Waals surface area contributed by atoms with Gasteiger partial charge in [0.05, 0.1) is 19.3 Å². The highest BCUT2D eigenvalue weighted by atomic mass is 32.1. The Hall–Kier alpha value is -3.11. The summed E-state index contributed by atoms with van der Waals surface area (Å²) in [4.78, 5) is 40.4. The number of aryl methyl sites for hydroxylation is 1. The van der Waals surface area contributed by atoms with Gasteiger partial charge in [-0.05, 0) is 82.2 Å². The Morgan fingerprint density at radius 2 is 1.92 bits per heavy atom. The van der Waals surface area contributed by atoms with Gasteiger partial charge in [0.25, 0.3) is 0 Å². The molecule has 0 radical (unpaired) electrons. The molecular formula is C26H34N4O5S. The Morgan fingerprint density at radius 3 is 2.67 bits per heavy atom. The second-order valence-corrected chi connectivity index (χ2v) is 10.1. The maximum absolute atomic E-state index is 13.3. The van der Waals surface area contributed by atoms with Crippen LogP contribution >= 0.6 is 11.3 Å². The highest BCUT2D eigenvalue weighted by molar-refractivity contribution is 7.17. The van der Waals surface area contributed by atoms with Gasteiger partial charge in [0.1, 0.15) is 16.8 Å². The quantitative estimate of drug-likeness (QED) is 0.397. The molecule has 194 valence electrons. The molecule has 36 heavy (non-hydrogen) atoms. The van der Waals surface area contributed by atoms with Gasteiger partial charge in [0.2, 0.25) is 5.91 Å². The molecule has 1 aromatic heterocycles. The van der Waals surface area contributed by atoms with Gasteiger partial charge in [-0.2, -0.15) is 0 Å². The lowest BCUT2D eigenvalue weighted by molar-refractivity contribution is -0.119. The Balaban J connectivity index is 1.52. The number of benzene rings is 1. The first-order valence-electron chi connectivity index (χ1n) is 12.5. The average molecular weight is 515 g/mol. The molecular weight excluding hydrogens is 480 g/mol. The number of nitrogens with one attached hydrogen (secondary N) is 4. The number of urea groups is 1. The molecule has 0 saturated carbocycles. The Kier molecular flexibility index (Phi) is 8.82. The third kappa shape index (κ3) is 6.17. The number of ether oxygens (including phenoxy) is 2. The van der Waals surface area contributed by atoms with Crippen LogP contribution in [-0.4, -0.2) is 50.8 Å². The number of carbonyl (C=O) groups is 3. The summed E-state index contributed by atoms with van der Waals surface area (Å²) < 4.78 is 10.5. The number of hydrogen-bond acceptors (Lipinski definition) is 7. The van der Waals surface area contributed by atoms with Crippen molar-refractivity contribution in [3.63, 3.8) is 0 Å². The van der Waals surface area contributed by atoms with Crippen LogP contribution in [0.25, 0.3) is 0 Å². The van der Waals surface area contributed by atoms with E-state index >= 15 is 0 Å². The molecule has 0 spiro atoms. The molecule has 4 N–H and O–H groups in total. The standard InChI is InChI=1S/C26H34N4O5S/c1-3-35-25(32)21-19-9-4-5-10-20(19)36-24(21)30-26(33)29-22(16-11-13-27-14-12-16)23(31)28-17-7-6-8-18(15-17)34-2/h6-8,15-16,22,27H,3-5,9-14H2,1-2H3,(H,28,31)(H2,29,30,33). The first-order chi connectivity index (χ1) is 17.5. The fourth-order valence-corrected chi connectivity index (χ4v) is 6.12. The van der Waals surface area contributed by atoms with Gasteiger partial charge in [-0.15, -0.1) is 11.3 Å². The van der Waals surface area contributed by atoms with Crippen LogP contribution in [0, 0.1) is 5.92 Å². The second kappa shape index (κ2) is 12.2. The molecule has 3 amide bonds. The van der Waals surface area contributed by atoms with Crippen molar-refractivity contribution in [2.75, 3.05) is 37.4 Å². The zero-order valence-corrected chi connectivity index (χ0v) is 21.6. The molecule has 1 saturated heterocycles. The molecule has 0 bridgehead atoms. The molecule has 10 heteroatoms. The number of fused-ring (bicyclic) bond motifs is 1. The van der Waals surface area contributed by atoms with Crippen LogP contribution in [0.2, 0.25) is 0 Å². The third-order valence-corrected chi connectivity index (χ3v) is 7.85. The molecule has 2 aliphatic rings. The van der Waals surface area contributed by atoms with Gasteiger partial charge in [0, 0.05) is 16.6 Å². The zero-order valence-electron chi connectivity index (χ0n) is 20.8. The van der Waals surface area contributed by atoms with E-state index in [1.807, 2.05) is 0 Å². The molecule has 2 heterocycles. The maximum atomic E-state index is 13.3. The summed E-state index contributed by atoms with van der Waals surface area (Å²) in [5.41, 5.74) is 2.02. The first kappa shape index (κ1) is 26.0. The van der Waals surface area contributed by atoms with E-state index in [4.69, 9.17) is 9.47 Å². The molecule has 2 aromatic rings. The predicted molar refractivity (Wildman–Crippen MR) is 140 cm³/mol. The van der Waals surface area contributed by atoms with Crippen molar-refractivity contribution in [1.82, 2.24) is 10.6 Å². The van der Waals surface area contributed by atoms with Crippen molar-refractivity contribution in [3.8, 4) is 5.75 Å². The fraction of sp³-hybridized carbons (Fsp3) is 0.500.